The van der Waals surface area contributed by atoms with Gasteiger partial charge in [0.15, 0.2) is 0 Å². The number of nitrogens with one attached hydrogen (secondary N) is 1. The van der Waals surface area contributed by atoms with Gasteiger partial charge in [0, 0.05) is 12.0 Å². The van der Waals surface area contributed by atoms with Gasteiger partial charge in [-0.15, -0.1) is 0 Å². The average Bonchev–Trinajstić information content (AvgIpc) is 3.26. The molecule has 0 radical (unpaired) electrons. The van der Waals surface area contributed by atoms with Crippen LogP contribution in [0.5, 0.6) is 0 Å². The van der Waals surface area contributed by atoms with E-state index in [0.29, 0.717) is 0 Å². The zero-order valence-corrected chi connectivity index (χ0v) is 13.4. The molecule has 0 spiro atoms. The number of hydrogen-bond donors (Lipinski definition) is 1. The number of aryl methyl sites for hydroxylation is 1. The third-order valence-electron chi connectivity index (χ3n) is 5.58. The summed E-state index contributed by atoms with van der Waals surface area (Å²) in [6.45, 7) is 0. The van der Waals surface area contributed by atoms with Gasteiger partial charge in [-0.2, -0.15) is 0 Å². The summed E-state index contributed by atoms with van der Waals surface area (Å²) in [5.74, 6) is 1.24. The second-order valence-electron chi connectivity index (χ2n) is 6.87. The van der Waals surface area contributed by atoms with E-state index >= 15 is 0 Å². The first-order valence-corrected chi connectivity index (χ1v) is 8.72. The van der Waals surface area contributed by atoms with Crippen LogP contribution >= 0.6 is 0 Å². The van der Waals surface area contributed by atoms with Crippen molar-refractivity contribution in [2.24, 2.45) is 0 Å². The van der Waals surface area contributed by atoms with E-state index in [0.717, 1.165) is 50.7 Å². The average molecular weight is 309 g/mol. The summed E-state index contributed by atoms with van der Waals surface area (Å²) >= 11 is 0. The smallest absolute Gasteiger partial charge is 0.231 e. The molecule has 1 N–H and O–H groups in total. The van der Waals surface area contributed by atoms with E-state index < -0.39 is 0 Å². The number of amides is 1. The SMILES string of the molecule is O=C(NC1CCCc2occc21)C1(c2ccccc2)CCCC1. The predicted octanol–water partition coefficient (Wildman–Crippen LogP) is 4.29. The van der Waals surface area contributed by atoms with Crippen LogP contribution in [0.15, 0.2) is 47.1 Å². The highest BCUT2D eigenvalue weighted by atomic mass is 16.3. The lowest BCUT2D eigenvalue weighted by Crippen LogP contribution is -2.44. The van der Waals surface area contributed by atoms with Crippen LogP contribution in [0.1, 0.15) is 61.5 Å². The van der Waals surface area contributed by atoms with Crippen LogP contribution in [-0.4, -0.2) is 5.91 Å². The molecule has 1 aromatic carbocycles. The Labute approximate surface area is 137 Å². The molecule has 2 aliphatic carbocycles. The molecule has 120 valence electrons. The molecule has 1 heterocycles. The highest BCUT2D eigenvalue weighted by molar-refractivity contribution is 5.89. The van der Waals surface area contributed by atoms with E-state index in [1.807, 2.05) is 24.3 Å². The molecule has 4 rings (SSSR count). The Morgan fingerprint density at radius 1 is 1.09 bits per heavy atom. The van der Waals surface area contributed by atoms with Gasteiger partial charge in [-0.25, -0.2) is 0 Å². The summed E-state index contributed by atoms with van der Waals surface area (Å²) in [7, 11) is 0. The maximum absolute atomic E-state index is 13.2. The molecular formula is C20H23NO2. The Balaban J connectivity index is 1.61. The summed E-state index contributed by atoms with van der Waals surface area (Å²) in [6, 6.07) is 12.4. The number of benzene rings is 1. The fourth-order valence-electron chi connectivity index (χ4n) is 4.32. The number of fused-ring (bicyclic) bond motifs is 1. The minimum absolute atomic E-state index is 0.103. The van der Waals surface area contributed by atoms with Crippen LogP contribution in [0.2, 0.25) is 0 Å². The molecule has 1 saturated carbocycles. The molecule has 1 unspecified atom stereocenters. The summed E-state index contributed by atoms with van der Waals surface area (Å²) in [4.78, 5) is 13.2. The van der Waals surface area contributed by atoms with Crippen molar-refractivity contribution in [2.75, 3.05) is 0 Å². The van der Waals surface area contributed by atoms with Gasteiger partial charge in [-0.05, 0) is 37.3 Å². The van der Waals surface area contributed by atoms with Crippen LogP contribution in [0.4, 0.5) is 0 Å². The lowest BCUT2D eigenvalue weighted by Gasteiger charge is -2.32. The first-order valence-electron chi connectivity index (χ1n) is 8.72. The Morgan fingerprint density at radius 2 is 1.87 bits per heavy atom. The highest BCUT2D eigenvalue weighted by Crippen LogP contribution is 2.42. The van der Waals surface area contributed by atoms with E-state index in [-0.39, 0.29) is 17.4 Å². The van der Waals surface area contributed by atoms with Gasteiger partial charge in [-0.1, -0.05) is 43.2 Å². The monoisotopic (exact) mass is 309 g/mol. The quantitative estimate of drug-likeness (QED) is 0.919. The van der Waals surface area contributed by atoms with Gasteiger partial charge in [0.2, 0.25) is 5.91 Å². The van der Waals surface area contributed by atoms with Gasteiger partial charge in [0.25, 0.3) is 0 Å². The fourth-order valence-corrected chi connectivity index (χ4v) is 4.32. The molecule has 1 aromatic heterocycles. The van der Waals surface area contributed by atoms with Gasteiger partial charge >= 0.3 is 0 Å². The Morgan fingerprint density at radius 3 is 2.65 bits per heavy atom. The van der Waals surface area contributed by atoms with E-state index in [2.05, 4.69) is 17.4 Å². The standard InChI is InChI=1S/C20H23NO2/c22-19(21-17-9-6-10-18-16(17)11-14-23-18)20(12-4-5-13-20)15-7-2-1-3-8-15/h1-3,7-8,11,14,17H,4-6,9-10,12-13H2,(H,21,22). The minimum Gasteiger partial charge on any atom is -0.469 e. The molecule has 0 saturated heterocycles. The zero-order chi connectivity index (χ0) is 15.7. The maximum Gasteiger partial charge on any atom is 0.231 e. The summed E-state index contributed by atoms with van der Waals surface area (Å²) in [6.07, 6.45) is 8.97. The van der Waals surface area contributed by atoms with Crippen molar-refractivity contribution in [1.29, 1.82) is 0 Å². The molecule has 1 atom stereocenters. The summed E-state index contributed by atoms with van der Waals surface area (Å²) in [5.41, 5.74) is 1.99. The lowest BCUT2D eigenvalue weighted by atomic mass is 9.77. The van der Waals surface area contributed by atoms with Crippen molar-refractivity contribution >= 4 is 5.91 Å². The molecule has 3 heteroatoms. The van der Waals surface area contributed by atoms with E-state index in [4.69, 9.17) is 4.42 Å². The molecule has 2 aromatic rings. The third-order valence-corrected chi connectivity index (χ3v) is 5.58. The second kappa shape index (κ2) is 5.88. The van der Waals surface area contributed by atoms with Crippen molar-refractivity contribution < 1.29 is 9.21 Å². The van der Waals surface area contributed by atoms with Crippen LogP contribution < -0.4 is 5.32 Å². The van der Waals surface area contributed by atoms with Crippen LogP contribution in [0.3, 0.4) is 0 Å². The van der Waals surface area contributed by atoms with Gasteiger partial charge in [0.05, 0.1) is 17.7 Å². The Kier molecular flexibility index (Phi) is 3.72. The number of carbonyl (C=O) groups is 1. The number of furan rings is 1. The topological polar surface area (TPSA) is 42.2 Å². The van der Waals surface area contributed by atoms with E-state index in [1.54, 1.807) is 6.26 Å². The van der Waals surface area contributed by atoms with E-state index in [9.17, 15) is 4.79 Å². The Hall–Kier alpha value is -2.03. The molecule has 1 amide bonds. The minimum atomic E-state index is -0.345. The number of carbonyl (C=O) groups excluding carboxylic acids is 1. The predicted molar refractivity (Wildman–Crippen MR) is 89.1 cm³/mol. The molecule has 3 nitrogen and oxygen atoms in total. The van der Waals surface area contributed by atoms with Crippen LogP contribution in [0, 0.1) is 0 Å². The first kappa shape index (κ1) is 14.6. The molecular weight excluding hydrogens is 286 g/mol. The van der Waals surface area contributed by atoms with Crippen molar-refractivity contribution in [3.8, 4) is 0 Å². The molecule has 0 bridgehead atoms. The molecule has 0 aliphatic heterocycles. The second-order valence-corrected chi connectivity index (χ2v) is 6.87. The zero-order valence-electron chi connectivity index (χ0n) is 13.4. The molecule has 2 aliphatic rings. The Bertz CT molecular complexity index is 683. The summed E-state index contributed by atoms with van der Waals surface area (Å²) < 4.78 is 5.55. The van der Waals surface area contributed by atoms with Crippen molar-refractivity contribution in [3.05, 3.63) is 59.5 Å². The number of hydrogen-bond acceptors (Lipinski definition) is 2. The van der Waals surface area contributed by atoms with Gasteiger partial charge in [-0.3, -0.25) is 4.79 Å². The summed E-state index contributed by atoms with van der Waals surface area (Å²) in [5, 5.41) is 3.34. The van der Waals surface area contributed by atoms with Crippen molar-refractivity contribution in [3.63, 3.8) is 0 Å². The van der Waals surface area contributed by atoms with Crippen molar-refractivity contribution in [2.45, 2.75) is 56.4 Å². The maximum atomic E-state index is 13.2. The molecule has 23 heavy (non-hydrogen) atoms. The highest BCUT2D eigenvalue weighted by Gasteiger charge is 2.43. The van der Waals surface area contributed by atoms with Crippen LogP contribution in [0.25, 0.3) is 0 Å². The first-order chi connectivity index (χ1) is 11.3. The van der Waals surface area contributed by atoms with E-state index in [1.165, 1.54) is 11.1 Å². The third kappa shape index (κ3) is 2.48. The van der Waals surface area contributed by atoms with Crippen LogP contribution in [-0.2, 0) is 16.6 Å². The largest absolute Gasteiger partial charge is 0.469 e. The van der Waals surface area contributed by atoms with Gasteiger partial charge < -0.3 is 9.73 Å². The van der Waals surface area contributed by atoms with Crippen molar-refractivity contribution in [1.82, 2.24) is 5.32 Å². The normalized spacial score (nSPS) is 22.5. The fraction of sp³-hybridized carbons (Fsp3) is 0.450. The molecule has 1 fully saturated rings. The lowest BCUT2D eigenvalue weighted by molar-refractivity contribution is -0.127. The van der Waals surface area contributed by atoms with Gasteiger partial charge in [0.1, 0.15) is 5.76 Å². The number of rotatable bonds is 3.